The Kier molecular flexibility index (Phi) is 13.0. The summed E-state index contributed by atoms with van der Waals surface area (Å²) in [5.74, 6) is 2.51. The van der Waals surface area contributed by atoms with E-state index in [0.717, 1.165) is 103 Å². The van der Waals surface area contributed by atoms with Crippen molar-refractivity contribution in [2.24, 2.45) is 47.0 Å². The molecule has 1 saturated heterocycles. The lowest BCUT2D eigenvalue weighted by atomic mass is 9.74. The summed E-state index contributed by atoms with van der Waals surface area (Å²) in [6.07, 6.45) is 13.9. The van der Waals surface area contributed by atoms with Crippen LogP contribution in [0.15, 0.2) is 0 Å². The number of rotatable bonds is 13. The van der Waals surface area contributed by atoms with E-state index in [9.17, 15) is 9.90 Å². The predicted molar refractivity (Wildman–Crippen MR) is 159 cm³/mol. The molecule has 0 aromatic carbocycles. The molecule has 0 bridgehead atoms. The first-order valence-corrected chi connectivity index (χ1v) is 16.8. The van der Waals surface area contributed by atoms with E-state index in [1.165, 1.54) is 19.3 Å². The Morgan fingerprint density at radius 1 is 1.10 bits per heavy atom. The summed E-state index contributed by atoms with van der Waals surface area (Å²) in [5, 5.41) is 15.1. The molecule has 1 aliphatic heterocycles. The average molecular weight is 565 g/mol. The van der Waals surface area contributed by atoms with Crippen LogP contribution < -0.4 is 16.8 Å². The molecule has 8 heteroatoms. The van der Waals surface area contributed by atoms with Crippen LogP contribution >= 0.6 is 0 Å². The zero-order chi connectivity index (χ0) is 28.5. The molecule has 232 valence electrons. The van der Waals surface area contributed by atoms with Crippen LogP contribution in [-0.4, -0.2) is 79.8 Å². The molecule has 0 radical (unpaired) electrons. The van der Waals surface area contributed by atoms with Crippen molar-refractivity contribution < 1.29 is 19.4 Å². The van der Waals surface area contributed by atoms with Crippen molar-refractivity contribution >= 4 is 5.91 Å². The number of ether oxygens (including phenoxy) is 2. The molecule has 0 aromatic heterocycles. The molecule has 10 unspecified atom stereocenters. The minimum absolute atomic E-state index is 0.0350. The Hall–Kier alpha value is -0.770. The molecule has 0 aromatic rings. The maximum atomic E-state index is 11.7. The molecule has 1 heterocycles. The molecule has 1 amide bonds. The monoisotopic (exact) mass is 564 g/mol. The third-order valence-electron chi connectivity index (χ3n) is 11.0. The Balaban J connectivity index is 1.26. The van der Waals surface area contributed by atoms with Crippen molar-refractivity contribution in [2.45, 2.75) is 122 Å². The molecular formula is C32H60N4O4. The maximum absolute atomic E-state index is 11.7. The van der Waals surface area contributed by atoms with Gasteiger partial charge in [0.05, 0.1) is 12.2 Å². The number of amides is 1. The number of fused-ring (bicyclic) bond motifs is 1. The van der Waals surface area contributed by atoms with E-state index in [1.807, 2.05) is 0 Å². The van der Waals surface area contributed by atoms with Crippen LogP contribution in [0.5, 0.6) is 0 Å². The molecule has 3 aliphatic carbocycles. The van der Waals surface area contributed by atoms with Crippen molar-refractivity contribution in [2.75, 3.05) is 39.4 Å². The van der Waals surface area contributed by atoms with Gasteiger partial charge in [0.1, 0.15) is 6.23 Å². The molecule has 10 atom stereocenters. The zero-order valence-electron chi connectivity index (χ0n) is 25.5. The number of nitrogens with one attached hydrogen (secondary N) is 1. The van der Waals surface area contributed by atoms with E-state index in [2.05, 4.69) is 24.1 Å². The van der Waals surface area contributed by atoms with Gasteiger partial charge >= 0.3 is 0 Å². The summed E-state index contributed by atoms with van der Waals surface area (Å²) in [5.41, 5.74) is 12.0. The normalized spacial score (nSPS) is 37.3. The van der Waals surface area contributed by atoms with Crippen LogP contribution in [0.4, 0.5) is 0 Å². The van der Waals surface area contributed by atoms with E-state index in [4.69, 9.17) is 20.9 Å². The first kappa shape index (κ1) is 32.2. The standard InChI is InChI=1S/C32H60N4O4/c1-22-8-3-13-29(23(22)2)39-16-6-14-30(37)36-15-7-17-40-31-27(11-5-12-28(31)36)26(19-33)21-35-20-24-9-4-10-25(18-24)32(34)38/h22-31,35,37H,3-21,33H2,1-2H3,(H2,34,38). The van der Waals surface area contributed by atoms with Crippen molar-refractivity contribution in [1.29, 1.82) is 0 Å². The van der Waals surface area contributed by atoms with E-state index in [-0.39, 0.29) is 24.0 Å². The van der Waals surface area contributed by atoms with Gasteiger partial charge in [0.15, 0.2) is 0 Å². The Morgan fingerprint density at radius 3 is 2.70 bits per heavy atom. The van der Waals surface area contributed by atoms with Crippen molar-refractivity contribution in [3.63, 3.8) is 0 Å². The number of carbonyl (C=O) groups is 1. The van der Waals surface area contributed by atoms with Gasteiger partial charge in [0, 0.05) is 31.7 Å². The van der Waals surface area contributed by atoms with Gasteiger partial charge in [0.25, 0.3) is 0 Å². The SMILES string of the molecule is CC1CCCC(OCCCC(O)N2CCCOC3C(C(CN)CNCC4CCCC(C(N)=O)C4)CCCC32)C1C. The molecule has 4 fully saturated rings. The summed E-state index contributed by atoms with van der Waals surface area (Å²) >= 11 is 0. The lowest BCUT2D eigenvalue weighted by Gasteiger charge is -2.46. The molecule has 4 aliphatic rings. The smallest absolute Gasteiger partial charge is 0.220 e. The van der Waals surface area contributed by atoms with Crippen LogP contribution in [0.2, 0.25) is 0 Å². The first-order valence-electron chi connectivity index (χ1n) is 16.8. The minimum Gasteiger partial charge on any atom is -0.378 e. The molecule has 4 rings (SSSR count). The highest BCUT2D eigenvalue weighted by Gasteiger charge is 2.43. The van der Waals surface area contributed by atoms with E-state index < -0.39 is 6.23 Å². The van der Waals surface area contributed by atoms with Gasteiger partial charge in [-0.1, -0.05) is 39.5 Å². The first-order chi connectivity index (χ1) is 19.4. The quantitative estimate of drug-likeness (QED) is 0.252. The third kappa shape index (κ3) is 8.63. The fourth-order valence-electron chi connectivity index (χ4n) is 8.32. The number of nitrogens with two attached hydrogens (primary N) is 2. The fourth-order valence-corrected chi connectivity index (χ4v) is 8.32. The Labute approximate surface area is 243 Å². The molecule has 8 nitrogen and oxygen atoms in total. The highest BCUT2D eigenvalue weighted by atomic mass is 16.5. The van der Waals surface area contributed by atoms with E-state index in [1.54, 1.807) is 0 Å². The second-order valence-corrected chi connectivity index (χ2v) is 13.7. The molecule has 3 saturated carbocycles. The lowest BCUT2D eigenvalue weighted by molar-refractivity contribution is -0.123. The second-order valence-electron chi connectivity index (χ2n) is 13.7. The summed E-state index contributed by atoms with van der Waals surface area (Å²) in [6.45, 7) is 9.50. The lowest BCUT2D eigenvalue weighted by Crippen LogP contribution is -2.55. The highest BCUT2D eigenvalue weighted by Crippen LogP contribution is 2.38. The number of aliphatic hydroxyl groups excluding tert-OH is 1. The third-order valence-corrected chi connectivity index (χ3v) is 11.0. The number of nitrogens with zero attached hydrogens (tertiary/aromatic N) is 1. The van der Waals surface area contributed by atoms with Gasteiger partial charge in [-0.3, -0.25) is 9.69 Å². The molecule has 40 heavy (non-hydrogen) atoms. The number of carbonyl (C=O) groups excluding carboxylic acids is 1. The van der Waals surface area contributed by atoms with Crippen LogP contribution in [0.1, 0.15) is 97.3 Å². The summed E-state index contributed by atoms with van der Waals surface area (Å²) in [4.78, 5) is 14.0. The Morgan fingerprint density at radius 2 is 1.90 bits per heavy atom. The van der Waals surface area contributed by atoms with Gasteiger partial charge in [-0.05, 0) is 107 Å². The van der Waals surface area contributed by atoms with Gasteiger partial charge < -0.3 is 31.4 Å². The summed E-state index contributed by atoms with van der Waals surface area (Å²) in [6, 6.07) is 0.250. The Bertz CT molecular complexity index is 756. The average Bonchev–Trinajstić information content (AvgIpc) is 3.18. The zero-order valence-corrected chi connectivity index (χ0v) is 25.5. The second kappa shape index (κ2) is 16.2. The van der Waals surface area contributed by atoms with Gasteiger partial charge in [-0.2, -0.15) is 0 Å². The van der Waals surface area contributed by atoms with Crippen LogP contribution in [0, 0.1) is 35.5 Å². The van der Waals surface area contributed by atoms with Crippen LogP contribution in [0.3, 0.4) is 0 Å². The summed E-state index contributed by atoms with van der Waals surface area (Å²) in [7, 11) is 0. The van der Waals surface area contributed by atoms with Crippen LogP contribution in [-0.2, 0) is 14.3 Å². The fraction of sp³-hybridized carbons (Fsp3) is 0.969. The minimum atomic E-state index is -0.446. The molecule has 0 spiro atoms. The molecule has 6 N–H and O–H groups in total. The van der Waals surface area contributed by atoms with Gasteiger partial charge in [-0.25, -0.2) is 0 Å². The number of aliphatic hydroxyl groups is 1. The maximum Gasteiger partial charge on any atom is 0.220 e. The van der Waals surface area contributed by atoms with Crippen LogP contribution in [0.25, 0.3) is 0 Å². The number of hydrogen-bond donors (Lipinski definition) is 4. The number of primary amides is 1. The number of hydrogen-bond acceptors (Lipinski definition) is 7. The van der Waals surface area contributed by atoms with E-state index in [0.29, 0.717) is 36.3 Å². The van der Waals surface area contributed by atoms with Crippen molar-refractivity contribution in [3.8, 4) is 0 Å². The predicted octanol–water partition coefficient (Wildman–Crippen LogP) is 3.64. The van der Waals surface area contributed by atoms with E-state index >= 15 is 0 Å². The van der Waals surface area contributed by atoms with Gasteiger partial charge in [-0.15, -0.1) is 0 Å². The van der Waals surface area contributed by atoms with Crippen molar-refractivity contribution in [3.05, 3.63) is 0 Å². The van der Waals surface area contributed by atoms with Crippen molar-refractivity contribution in [1.82, 2.24) is 10.2 Å². The molecular weight excluding hydrogens is 504 g/mol. The largest absolute Gasteiger partial charge is 0.378 e. The topological polar surface area (TPSA) is 123 Å². The van der Waals surface area contributed by atoms with Gasteiger partial charge in [0.2, 0.25) is 5.91 Å². The summed E-state index contributed by atoms with van der Waals surface area (Å²) < 4.78 is 12.8. The highest BCUT2D eigenvalue weighted by molar-refractivity contribution is 5.76.